The Balaban J connectivity index is 2.00. The summed E-state index contributed by atoms with van der Waals surface area (Å²) in [6, 6.07) is 9.46. The van der Waals surface area contributed by atoms with E-state index in [-0.39, 0.29) is 0 Å². The molecule has 0 saturated heterocycles. The lowest BCUT2D eigenvalue weighted by Gasteiger charge is -2.23. The molecule has 0 aliphatic heterocycles. The Hall–Kier alpha value is -1.08. The lowest BCUT2D eigenvalue weighted by molar-refractivity contribution is 0.366. The zero-order valence-corrected chi connectivity index (χ0v) is 10.8. The maximum absolute atomic E-state index is 3.89. The van der Waals surface area contributed by atoms with Crippen LogP contribution >= 0.6 is 0 Å². The Morgan fingerprint density at radius 3 is 2.53 bits per heavy atom. The van der Waals surface area contributed by atoms with E-state index in [1.54, 1.807) is 11.1 Å². The van der Waals surface area contributed by atoms with Gasteiger partial charge in [-0.25, -0.2) is 0 Å². The minimum atomic E-state index is 0.597. The van der Waals surface area contributed by atoms with Gasteiger partial charge < -0.3 is 5.32 Å². The van der Waals surface area contributed by atoms with Crippen LogP contribution in [0.15, 0.2) is 36.9 Å². The first-order valence-corrected chi connectivity index (χ1v) is 6.76. The molecule has 0 heterocycles. The Kier molecular flexibility index (Phi) is 4.38. The summed E-state index contributed by atoms with van der Waals surface area (Å²) in [5, 5.41) is 3.68. The minimum absolute atomic E-state index is 0.597. The van der Waals surface area contributed by atoms with Crippen LogP contribution in [0, 0.1) is 5.92 Å². The van der Waals surface area contributed by atoms with Crippen molar-refractivity contribution < 1.29 is 0 Å². The van der Waals surface area contributed by atoms with Crippen molar-refractivity contribution >= 4 is 0 Å². The summed E-state index contributed by atoms with van der Waals surface area (Å²) in [7, 11) is 0. The fourth-order valence-electron chi connectivity index (χ4n) is 2.83. The highest BCUT2D eigenvalue weighted by Gasteiger charge is 2.27. The van der Waals surface area contributed by atoms with Crippen LogP contribution in [0.5, 0.6) is 0 Å². The van der Waals surface area contributed by atoms with Gasteiger partial charge in [-0.3, -0.25) is 0 Å². The van der Waals surface area contributed by atoms with Crippen LogP contribution in [-0.4, -0.2) is 12.6 Å². The quantitative estimate of drug-likeness (QED) is 0.738. The first-order chi connectivity index (χ1) is 8.35. The standard InChI is InChI=1S/C16H23N/c1-3-7-16(17-10-4-2)15-11-13-8-5-6-9-14(13)12-15/h3,5-6,8-9,15-17H,1,4,7,10-12H2,2H3. The van der Waals surface area contributed by atoms with Gasteiger partial charge in [-0.2, -0.15) is 0 Å². The summed E-state index contributed by atoms with van der Waals surface area (Å²) < 4.78 is 0. The molecule has 1 aliphatic rings. The number of hydrogen-bond acceptors (Lipinski definition) is 1. The van der Waals surface area contributed by atoms with E-state index in [9.17, 15) is 0 Å². The van der Waals surface area contributed by atoms with Crippen LogP contribution in [0.4, 0.5) is 0 Å². The average molecular weight is 229 g/mol. The van der Waals surface area contributed by atoms with Crippen molar-refractivity contribution in [3.63, 3.8) is 0 Å². The highest BCUT2D eigenvalue weighted by Crippen LogP contribution is 2.29. The summed E-state index contributed by atoms with van der Waals surface area (Å²) in [4.78, 5) is 0. The summed E-state index contributed by atoms with van der Waals surface area (Å²) >= 11 is 0. The molecule has 1 nitrogen and oxygen atoms in total. The maximum Gasteiger partial charge on any atom is 0.0136 e. The minimum Gasteiger partial charge on any atom is -0.313 e. The second-order valence-electron chi connectivity index (χ2n) is 5.02. The summed E-state index contributed by atoms with van der Waals surface area (Å²) in [6.07, 6.45) is 6.79. The molecule has 1 aliphatic carbocycles. The van der Waals surface area contributed by atoms with Crippen molar-refractivity contribution in [3.05, 3.63) is 48.0 Å². The molecule has 0 radical (unpaired) electrons. The molecule has 1 aromatic carbocycles. The van der Waals surface area contributed by atoms with Crippen molar-refractivity contribution in [2.45, 2.75) is 38.6 Å². The number of rotatable bonds is 6. The van der Waals surface area contributed by atoms with E-state index in [0.29, 0.717) is 6.04 Å². The van der Waals surface area contributed by atoms with Gasteiger partial charge in [0.05, 0.1) is 0 Å². The van der Waals surface area contributed by atoms with Crippen LogP contribution in [0.25, 0.3) is 0 Å². The van der Waals surface area contributed by atoms with Gasteiger partial charge in [0.25, 0.3) is 0 Å². The van der Waals surface area contributed by atoms with E-state index in [1.165, 1.54) is 19.3 Å². The topological polar surface area (TPSA) is 12.0 Å². The number of fused-ring (bicyclic) bond motifs is 1. The highest BCUT2D eigenvalue weighted by molar-refractivity contribution is 5.32. The Bertz CT molecular complexity index is 345. The normalized spacial score (nSPS) is 16.8. The average Bonchev–Trinajstić information content (AvgIpc) is 2.78. The van der Waals surface area contributed by atoms with Crippen molar-refractivity contribution in [2.75, 3.05) is 6.54 Å². The molecule has 1 N–H and O–H groups in total. The third-order valence-corrected chi connectivity index (χ3v) is 3.73. The number of nitrogens with one attached hydrogen (secondary N) is 1. The van der Waals surface area contributed by atoms with E-state index in [0.717, 1.165) is 18.9 Å². The van der Waals surface area contributed by atoms with Crippen LogP contribution in [0.2, 0.25) is 0 Å². The molecule has 17 heavy (non-hydrogen) atoms. The summed E-state index contributed by atoms with van der Waals surface area (Å²) in [5.41, 5.74) is 3.09. The third-order valence-electron chi connectivity index (χ3n) is 3.73. The molecule has 92 valence electrons. The van der Waals surface area contributed by atoms with E-state index >= 15 is 0 Å². The lowest BCUT2D eigenvalue weighted by Crippen LogP contribution is -2.36. The molecule has 0 amide bonds. The molecular formula is C16H23N. The van der Waals surface area contributed by atoms with E-state index in [4.69, 9.17) is 0 Å². The van der Waals surface area contributed by atoms with Gasteiger partial charge in [-0.05, 0) is 49.3 Å². The summed E-state index contributed by atoms with van der Waals surface area (Å²) in [5.74, 6) is 0.747. The van der Waals surface area contributed by atoms with Crippen molar-refractivity contribution in [1.82, 2.24) is 5.32 Å². The number of hydrogen-bond donors (Lipinski definition) is 1. The Morgan fingerprint density at radius 2 is 2.00 bits per heavy atom. The monoisotopic (exact) mass is 229 g/mol. The first kappa shape index (κ1) is 12.4. The third kappa shape index (κ3) is 2.98. The van der Waals surface area contributed by atoms with Crippen molar-refractivity contribution in [2.24, 2.45) is 5.92 Å². The maximum atomic E-state index is 3.89. The molecule has 0 fully saturated rings. The fraction of sp³-hybridized carbons (Fsp3) is 0.500. The molecule has 0 spiro atoms. The van der Waals surface area contributed by atoms with Gasteiger partial charge in [0.15, 0.2) is 0 Å². The van der Waals surface area contributed by atoms with Gasteiger partial charge in [-0.15, -0.1) is 6.58 Å². The van der Waals surface area contributed by atoms with E-state index in [1.807, 2.05) is 0 Å². The van der Waals surface area contributed by atoms with Crippen LogP contribution in [0.3, 0.4) is 0 Å². The zero-order valence-electron chi connectivity index (χ0n) is 10.8. The second kappa shape index (κ2) is 6.02. The van der Waals surface area contributed by atoms with Crippen LogP contribution in [0.1, 0.15) is 30.9 Å². The Morgan fingerprint density at radius 1 is 1.35 bits per heavy atom. The molecule has 1 aromatic rings. The fourth-order valence-corrected chi connectivity index (χ4v) is 2.83. The first-order valence-electron chi connectivity index (χ1n) is 6.76. The largest absolute Gasteiger partial charge is 0.313 e. The second-order valence-corrected chi connectivity index (χ2v) is 5.02. The molecule has 1 heteroatoms. The number of benzene rings is 1. The van der Waals surface area contributed by atoms with E-state index < -0.39 is 0 Å². The molecule has 0 aromatic heterocycles. The molecule has 1 atom stereocenters. The zero-order chi connectivity index (χ0) is 12.1. The molecule has 0 bridgehead atoms. The van der Waals surface area contributed by atoms with Gasteiger partial charge >= 0.3 is 0 Å². The predicted molar refractivity (Wildman–Crippen MR) is 74.2 cm³/mol. The van der Waals surface area contributed by atoms with Gasteiger partial charge in [0.1, 0.15) is 0 Å². The van der Waals surface area contributed by atoms with Gasteiger partial charge in [0, 0.05) is 6.04 Å². The summed E-state index contributed by atoms with van der Waals surface area (Å²) in [6.45, 7) is 7.23. The molecular weight excluding hydrogens is 206 g/mol. The van der Waals surface area contributed by atoms with Crippen LogP contribution in [-0.2, 0) is 12.8 Å². The SMILES string of the molecule is C=CCC(NCCC)C1Cc2ccccc2C1. The van der Waals surface area contributed by atoms with Crippen molar-refractivity contribution in [3.8, 4) is 0 Å². The molecule has 0 saturated carbocycles. The van der Waals surface area contributed by atoms with Gasteiger partial charge in [0.2, 0.25) is 0 Å². The molecule has 1 unspecified atom stereocenters. The lowest BCUT2D eigenvalue weighted by atomic mass is 9.94. The highest BCUT2D eigenvalue weighted by atomic mass is 14.9. The Labute approximate surface area is 105 Å². The molecule has 2 rings (SSSR count). The predicted octanol–water partition coefficient (Wildman–Crippen LogP) is 3.35. The smallest absolute Gasteiger partial charge is 0.0136 e. The van der Waals surface area contributed by atoms with E-state index in [2.05, 4.69) is 49.2 Å². The van der Waals surface area contributed by atoms with Crippen LogP contribution < -0.4 is 5.32 Å². The van der Waals surface area contributed by atoms with Crippen molar-refractivity contribution in [1.29, 1.82) is 0 Å². The van der Waals surface area contributed by atoms with Gasteiger partial charge in [-0.1, -0.05) is 37.3 Å².